The number of likely N-dealkylation sites (tertiary alicyclic amines) is 1. The van der Waals surface area contributed by atoms with E-state index in [-0.39, 0.29) is 18.5 Å². The van der Waals surface area contributed by atoms with Crippen LogP contribution in [0.2, 0.25) is 0 Å². The number of nitrogens with zero attached hydrogens (tertiary/aromatic N) is 1. The SMILES string of the molecule is CCC(=O)N1CC(NCC(F)F)CC(C(C)C)C1. The third-order valence-corrected chi connectivity index (χ3v) is 3.64. The average Bonchev–Trinajstić information content (AvgIpc) is 2.34. The number of hydrogen-bond acceptors (Lipinski definition) is 2. The van der Waals surface area contributed by atoms with Crippen LogP contribution in [0.3, 0.4) is 0 Å². The second-order valence-electron chi connectivity index (χ2n) is 5.39. The molecular formula is C13H24F2N2O. The van der Waals surface area contributed by atoms with E-state index in [0.29, 0.717) is 24.8 Å². The summed E-state index contributed by atoms with van der Waals surface area (Å²) in [7, 11) is 0. The van der Waals surface area contributed by atoms with Gasteiger partial charge in [-0.25, -0.2) is 8.78 Å². The van der Waals surface area contributed by atoms with E-state index in [4.69, 9.17) is 0 Å². The van der Waals surface area contributed by atoms with Crippen molar-refractivity contribution in [3.8, 4) is 0 Å². The molecule has 0 aromatic rings. The zero-order valence-corrected chi connectivity index (χ0v) is 11.5. The van der Waals surface area contributed by atoms with Crippen molar-refractivity contribution in [3.05, 3.63) is 0 Å². The Balaban J connectivity index is 2.59. The summed E-state index contributed by atoms with van der Waals surface area (Å²) >= 11 is 0. The first-order valence-corrected chi connectivity index (χ1v) is 6.73. The number of halogens is 2. The molecule has 0 radical (unpaired) electrons. The number of rotatable bonds is 5. The largest absolute Gasteiger partial charge is 0.341 e. The highest BCUT2D eigenvalue weighted by atomic mass is 19.3. The summed E-state index contributed by atoms with van der Waals surface area (Å²) < 4.78 is 24.4. The van der Waals surface area contributed by atoms with Crippen LogP contribution in [0.4, 0.5) is 8.78 Å². The van der Waals surface area contributed by atoms with Crippen LogP contribution in [0, 0.1) is 11.8 Å². The van der Waals surface area contributed by atoms with E-state index >= 15 is 0 Å². The Labute approximate surface area is 108 Å². The lowest BCUT2D eigenvalue weighted by atomic mass is 9.85. The predicted octanol–water partition coefficient (Wildman–Crippen LogP) is 2.12. The lowest BCUT2D eigenvalue weighted by Gasteiger charge is -2.40. The highest BCUT2D eigenvalue weighted by Crippen LogP contribution is 2.24. The van der Waals surface area contributed by atoms with Crippen LogP contribution in [0.1, 0.15) is 33.6 Å². The first-order chi connectivity index (χ1) is 8.43. The van der Waals surface area contributed by atoms with E-state index in [0.717, 1.165) is 13.0 Å². The first kappa shape index (κ1) is 15.3. The van der Waals surface area contributed by atoms with Crippen molar-refractivity contribution in [2.75, 3.05) is 19.6 Å². The van der Waals surface area contributed by atoms with Gasteiger partial charge in [0, 0.05) is 25.6 Å². The summed E-state index contributed by atoms with van der Waals surface area (Å²) in [5, 5.41) is 2.87. The molecule has 0 saturated carbocycles. The molecule has 1 aliphatic heterocycles. The Morgan fingerprint density at radius 1 is 1.39 bits per heavy atom. The maximum Gasteiger partial charge on any atom is 0.250 e. The summed E-state index contributed by atoms with van der Waals surface area (Å²) in [6, 6.07) is -0.00403. The quantitative estimate of drug-likeness (QED) is 0.823. The molecule has 0 aromatic heterocycles. The number of carbonyl (C=O) groups excluding carboxylic acids is 1. The number of piperidine rings is 1. The second-order valence-corrected chi connectivity index (χ2v) is 5.39. The van der Waals surface area contributed by atoms with Crippen LogP contribution in [0.15, 0.2) is 0 Å². The van der Waals surface area contributed by atoms with Crippen LogP contribution in [-0.4, -0.2) is 42.9 Å². The van der Waals surface area contributed by atoms with E-state index in [1.165, 1.54) is 0 Å². The van der Waals surface area contributed by atoms with Crippen LogP contribution in [0.5, 0.6) is 0 Å². The van der Waals surface area contributed by atoms with E-state index in [1.807, 2.05) is 11.8 Å². The number of hydrogen-bond donors (Lipinski definition) is 1. The molecular weight excluding hydrogens is 238 g/mol. The fourth-order valence-corrected chi connectivity index (χ4v) is 2.45. The zero-order chi connectivity index (χ0) is 13.7. The Kier molecular flexibility index (Phi) is 5.99. The van der Waals surface area contributed by atoms with Gasteiger partial charge in [0.15, 0.2) is 0 Å². The van der Waals surface area contributed by atoms with Gasteiger partial charge in [-0.1, -0.05) is 20.8 Å². The predicted molar refractivity (Wildman–Crippen MR) is 67.6 cm³/mol. The Morgan fingerprint density at radius 2 is 2.06 bits per heavy atom. The summed E-state index contributed by atoms with van der Waals surface area (Å²) in [6.45, 7) is 7.11. The normalized spacial score (nSPS) is 24.9. The molecule has 106 valence electrons. The van der Waals surface area contributed by atoms with Gasteiger partial charge in [-0.15, -0.1) is 0 Å². The number of alkyl halides is 2. The molecule has 1 heterocycles. The smallest absolute Gasteiger partial charge is 0.250 e. The minimum atomic E-state index is -2.33. The maximum atomic E-state index is 12.2. The van der Waals surface area contributed by atoms with Crippen LogP contribution in [-0.2, 0) is 4.79 Å². The zero-order valence-electron chi connectivity index (χ0n) is 11.5. The van der Waals surface area contributed by atoms with E-state index in [1.54, 1.807) is 0 Å². The summed E-state index contributed by atoms with van der Waals surface area (Å²) in [5.74, 6) is 0.974. The van der Waals surface area contributed by atoms with Gasteiger partial charge in [-0.05, 0) is 18.3 Å². The third kappa shape index (κ3) is 4.52. The van der Waals surface area contributed by atoms with Crippen molar-refractivity contribution in [2.45, 2.75) is 46.1 Å². The minimum Gasteiger partial charge on any atom is -0.341 e. The van der Waals surface area contributed by atoms with Gasteiger partial charge >= 0.3 is 0 Å². The molecule has 5 heteroatoms. The van der Waals surface area contributed by atoms with E-state index in [2.05, 4.69) is 19.2 Å². The average molecular weight is 262 g/mol. The summed E-state index contributed by atoms with van der Waals surface area (Å²) in [6.07, 6.45) is -0.982. The van der Waals surface area contributed by atoms with Crippen molar-refractivity contribution in [2.24, 2.45) is 11.8 Å². The highest BCUT2D eigenvalue weighted by Gasteiger charge is 2.30. The lowest BCUT2D eigenvalue weighted by Crippen LogP contribution is -2.52. The maximum absolute atomic E-state index is 12.2. The molecule has 0 aliphatic carbocycles. The molecule has 1 rings (SSSR count). The molecule has 1 fully saturated rings. The van der Waals surface area contributed by atoms with Crippen LogP contribution in [0.25, 0.3) is 0 Å². The number of nitrogens with one attached hydrogen (secondary N) is 1. The monoisotopic (exact) mass is 262 g/mol. The molecule has 2 unspecified atom stereocenters. The molecule has 0 bridgehead atoms. The fourth-order valence-electron chi connectivity index (χ4n) is 2.45. The summed E-state index contributed by atoms with van der Waals surface area (Å²) in [5.41, 5.74) is 0. The topological polar surface area (TPSA) is 32.3 Å². The molecule has 3 nitrogen and oxygen atoms in total. The van der Waals surface area contributed by atoms with Gasteiger partial charge in [0.05, 0.1) is 6.54 Å². The van der Waals surface area contributed by atoms with Gasteiger partial charge in [0.2, 0.25) is 5.91 Å². The standard InChI is InChI=1S/C13H24F2N2O/c1-4-13(18)17-7-10(9(2)3)5-11(8-17)16-6-12(14)15/h9-12,16H,4-8H2,1-3H3. The Bertz CT molecular complexity index is 272. The van der Waals surface area contributed by atoms with Crippen LogP contribution < -0.4 is 5.32 Å². The molecule has 0 aromatic carbocycles. The van der Waals surface area contributed by atoms with Gasteiger partial charge < -0.3 is 10.2 Å². The molecule has 0 spiro atoms. The summed E-state index contributed by atoms with van der Waals surface area (Å²) in [4.78, 5) is 13.6. The first-order valence-electron chi connectivity index (χ1n) is 6.73. The van der Waals surface area contributed by atoms with Gasteiger partial charge in [0.25, 0.3) is 6.43 Å². The molecule has 1 N–H and O–H groups in total. The van der Waals surface area contributed by atoms with Crippen LogP contribution >= 0.6 is 0 Å². The van der Waals surface area contributed by atoms with E-state index in [9.17, 15) is 13.6 Å². The van der Waals surface area contributed by atoms with Crippen molar-refractivity contribution in [3.63, 3.8) is 0 Å². The van der Waals surface area contributed by atoms with Gasteiger partial charge in [0.1, 0.15) is 0 Å². The molecule has 2 atom stereocenters. The van der Waals surface area contributed by atoms with Crippen molar-refractivity contribution in [1.82, 2.24) is 10.2 Å². The van der Waals surface area contributed by atoms with Gasteiger partial charge in [-0.3, -0.25) is 4.79 Å². The number of carbonyl (C=O) groups is 1. The van der Waals surface area contributed by atoms with Crippen molar-refractivity contribution >= 4 is 5.91 Å². The van der Waals surface area contributed by atoms with Gasteiger partial charge in [-0.2, -0.15) is 0 Å². The molecule has 1 saturated heterocycles. The molecule has 1 amide bonds. The highest BCUT2D eigenvalue weighted by molar-refractivity contribution is 5.76. The van der Waals surface area contributed by atoms with Crippen molar-refractivity contribution in [1.29, 1.82) is 0 Å². The second kappa shape index (κ2) is 7.02. The van der Waals surface area contributed by atoms with Crippen molar-refractivity contribution < 1.29 is 13.6 Å². The minimum absolute atomic E-state index is 0.00403. The fraction of sp³-hybridized carbons (Fsp3) is 0.923. The number of amides is 1. The Morgan fingerprint density at radius 3 is 2.56 bits per heavy atom. The van der Waals surface area contributed by atoms with E-state index < -0.39 is 6.43 Å². The lowest BCUT2D eigenvalue weighted by molar-refractivity contribution is -0.133. The third-order valence-electron chi connectivity index (χ3n) is 3.64. The molecule has 1 aliphatic rings. The molecule has 18 heavy (non-hydrogen) atoms. The Hall–Kier alpha value is -0.710.